The van der Waals surface area contributed by atoms with Gasteiger partial charge in [0.1, 0.15) is 23.3 Å². The highest BCUT2D eigenvalue weighted by Crippen LogP contribution is 2.33. The number of hydrogen-bond acceptors (Lipinski definition) is 5. The highest BCUT2D eigenvalue weighted by molar-refractivity contribution is 8.02. The first-order chi connectivity index (χ1) is 14.7. The van der Waals surface area contributed by atoms with E-state index in [0.717, 1.165) is 16.9 Å². The van der Waals surface area contributed by atoms with Crippen molar-refractivity contribution in [3.63, 3.8) is 0 Å². The largest absolute Gasteiger partial charge is 0.341 e. The summed E-state index contributed by atoms with van der Waals surface area (Å²) in [7, 11) is 0. The summed E-state index contributed by atoms with van der Waals surface area (Å²) in [5.41, 5.74) is 1.88. The van der Waals surface area contributed by atoms with Gasteiger partial charge in [0.25, 0.3) is 0 Å². The van der Waals surface area contributed by atoms with Crippen LogP contribution in [0.5, 0.6) is 0 Å². The van der Waals surface area contributed by atoms with Crippen molar-refractivity contribution in [1.29, 1.82) is 0 Å². The maximum atomic E-state index is 14.1. The first kappa shape index (κ1) is 20.4. The second-order valence-corrected chi connectivity index (χ2v) is 7.87. The van der Waals surface area contributed by atoms with Gasteiger partial charge < -0.3 is 20.5 Å². The highest BCUT2D eigenvalue weighted by atomic mass is 32.2. The Balaban J connectivity index is 1.36. The summed E-state index contributed by atoms with van der Waals surface area (Å²) in [6.45, 7) is 1.26. The van der Waals surface area contributed by atoms with Crippen LogP contribution in [0.25, 0.3) is 11.0 Å². The number of aromatic nitrogens is 2. The number of nitrogens with one attached hydrogen (secondary N) is 3. The van der Waals surface area contributed by atoms with Crippen LogP contribution in [0.1, 0.15) is 17.8 Å². The molecule has 0 spiro atoms. The molecule has 1 aliphatic heterocycles. The topological polar surface area (TPSA) is 73.0 Å². The Morgan fingerprint density at radius 1 is 1.17 bits per heavy atom. The number of amides is 1. The third kappa shape index (κ3) is 4.47. The van der Waals surface area contributed by atoms with E-state index in [0.29, 0.717) is 25.3 Å². The van der Waals surface area contributed by atoms with Crippen LogP contribution in [-0.2, 0) is 17.9 Å². The summed E-state index contributed by atoms with van der Waals surface area (Å²) in [6.07, 6.45) is 2.33. The molecule has 0 fully saturated rings. The molecule has 0 bridgehead atoms. The highest BCUT2D eigenvalue weighted by Gasteiger charge is 2.28. The van der Waals surface area contributed by atoms with Crippen molar-refractivity contribution in [2.75, 3.05) is 6.54 Å². The number of fused-ring (bicyclic) bond motifs is 1. The van der Waals surface area contributed by atoms with E-state index in [2.05, 4.69) is 20.6 Å². The third-order valence-corrected chi connectivity index (χ3v) is 6.03. The Morgan fingerprint density at radius 2 is 1.97 bits per heavy atom. The minimum atomic E-state index is -0.608. The maximum absolute atomic E-state index is 14.1. The minimum Gasteiger partial charge on any atom is -0.341 e. The standard InChI is InChI=1S/C21H20F2N5OS/c22-15-4-3-5-16(23)14(15)11-28-20(25-13-29)12-30-21(28)8-9-24-10-19-26-17-6-1-2-7-18(17)27-19/h1-7,12,21,24H,8-11H2,(H,25,29)(H,26,27). The SMILES string of the molecule is O=[C]NC1=CSC(CCNCc2nc3ccccc3[nH]2)N1Cc1c(F)cccc1F. The molecule has 155 valence electrons. The third-order valence-electron chi connectivity index (χ3n) is 4.86. The van der Waals surface area contributed by atoms with Crippen molar-refractivity contribution in [3.05, 3.63) is 76.7 Å². The summed E-state index contributed by atoms with van der Waals surface area (Å²) < 4.78 is 28.2. The van der Waals surface area contributed by atoms with Crippen LogP contribution in [0, 0.1) is 11.6 Å². The lowest BCUT2D eigenvalue weighted by molar-refractivity contribution is 0.288. The van der Waals surface area contributed by atoms with Gasteiger partial charge in [-0.1, -0.05) is 18.2 Å². The number of thioether (sulfide) groups is 1. The van der Waals surface area contributed by atoms with E-state index in [1.54, 1.807) is 16.7 Å². The number of rotatable bonds is 9. The second kappa shape index (κ2) is 9.27. The lowest BCUT2D eigenvalue weighted by Crippen LogP contribution is -2.36. The summed E-state index contributed by atoms with van der Waals surface area (Å²) in [4.78, 5) is 20.4. The van der Waals surface area contributed by atoms with Gasteiger partial charge in [-0.15, -0.1) is 11.8 Å². The molecule has 4 rings (SSSR count). The Hall–Kier alpha value is -2.91. The van der Waals surface area contributed by atoms with Crippen LogP contribution >= 0.6 is 11.8 Å². The van der Waals surface area contributed by atoms with Crippen molar-refractivity contribution in [2.45, 2.75) is 24.9 Å². The molecule has 6 nitrogen and oxygen atoms in total. The minimum absolute atomic E-state index is 0.0141. The average Bonchev–Trinajstić information content (AvgIpc) is 3.32. The molecule has 3 aromatic rings. The first-order valence-electron chi connectivity index (χ1n) is 9.48. The monoisotopic (exact) mass is 428 g/mol. The predicted molar refractivity (Wildman–Crippen MR) is 113 cm³/mol. The van der Waals surface area contributed by atoms with E-state index in [4.69, 9.17) is 0 Å². The van der Waals surface area contributed by atoms with Crippen LogP contribution < -0.4 is 10.6 Å². The number of imidazole rings is 1. The zero-order valence-electron chi connectivity index (χ0n) is 16.0. The summed E-state index contributed by atoms with van der Waals surface area (Å²) in [5.74, 6) is 0.114. The van der Waals surface area contributed by atoms with Crippen LogP contribution in [0.15, 0.2) is 53.7 Å². The Bertz CT molecular complexity index is 1020. The van der Waals surface area contributed by atoms with E-state index >= 15 is 0 Å². The molecule has 1 atom stereocenters. The van der Waals surface area contributed by atoms with Crippen molar-refractivity contribution >= 4 is 29.2 Å². The number of para-hydroxylation sites is 2. The van der Waals surface area contributed by atoms with Crippen molar-refractivity contribution in [3.8, 4) is 0 Å². The molecular weight excluding hydrogens is 408 g/mol. The van der Waals surface area contributed by atoms with Gasteiger partial charge in [0, 0.05) is 11.0 Å². The molecule has 0 saturated heterocycles. The molecule has 1 aromatic heterocycles. The fourth-order valence-electron chi connectivity index (χ4n) is 3.38. The van der Waals surface area contributed by atoms with E-state index in [-0.39, 0.29) is 17.5 Å². The molecule has 0 aliphatic carbocycles. The number of carbonyl (C=O) groups excluding carboxylic acids is 1. The normalized spacial score (nSPS) is 16.1. The summed E-state index contributed by atoms with van der Waals surface area (Å²) in [5, 5.41) is 7.53. The molecule has 2 heterocycles. The molecule has 1 amide bonds. The fourth-order valence-corrected chi connectivity index (χ4v) is 4.45. The van der Waals surface area contributed by atoms with Gasteiger partial charge in [0.2, 0.25) is 0 Å². The Kier molecular flexibility index (Phi) is 6.29. The molecular formula is C21H20F2N5OS. The van der Waals surface area contributed by atoms with E-state index < -0.39 is 11.6 Å². The number of H-pyrrole nitrogens is 1. The fraction of sp³-hybridized carbons (Fsp3) is 0.238. The van der Waals surface area contributed by atoms with Crippen LogP contribution in [0.4, 0.5) is 8.78 Å². The van der Waals surface area contributed by atoms with Crippen molar-refractivity contribution in [1.82, 2.24) is 25.5 Å². The number of halogens is 2. The quantitative estimate of drug-likeness (QED) is 0.360. The summed E-state index contributed by atoms with van der Waals surface area (Å²) in [6, 6.07) is 11.6. The lowest BCUT2D eigenvalue weighted by atomic mass is 10.1. The van der Waals surface area contributed by atoms with E-state index in [9.17, 15) is 13.6 Å². The van der Waals surface area contributed by atoms with Crippen LogP contribution in [0.2, 0.25) is 0 Å². The molecule has 3 N–H and O–H groups in total. The van der Waals surface area contributed by atoms with Gasteiger partial charge in [-0.2, -0.15) is 0 Å². The smallest absolute Gasteiger partial charge is 0.315 e. The Morgan fingerprint density at radius 3 is 2.73 bits per heavy atom. The van der Waals surface area contributed by atoms with Crippen LogP contribution in [-0.4, -0.2) is 33.2 Å². The van der Waals surface area contributed by atoms with Crippen LogP contribution in [0.3, 0.4) is 0 Å². The van der Waals surface area contributed by atoms with Crippen molar-refractivity contribution < 1.29 is 13.6 Å². The van der Waals surface area contributed by atoms with Gasteiger partial charge in [-0.3, -0.25) is 4.79 Å². The number of nitrogens with zero attached hydrogens (tertiary/aromatic N) is 2. The van der Waals surface area contributed by atoms with E-state index in [1.165, 1.54) is 30.0 Å². The van der Waals surface area contributed by atoms with Crippen molar-refractivity contribution in [2.24, 2.45) is 0 Å². The zero-order chi connectivity index (χ0) is 20.9. The maximum Gasteiger partial charge on any atom is 0.315 e. The molecule has 30 heavy (non-hydrogen) atoms. The van der Waals surface area contributed by atoms with Gasteiger partial charge in [-0.25, -0.2) is 13.8 Å². The Labute approximate surface area is 176 Å². The number of aromatic amines is 1. The molecule has 0 saturated carbocycles. The molecule has 1 aliphatic rings. The molecule has 1 radical (unpaired) electrons. The van der Waals surface area contributed by atoms with E-state index in [1.807, 2.05) is 24.3 Å². The molecule has 9 heteroatoms. The molecule has 2 aromatic carbocycles. The predicted octanol–water partition coefficient (Wildman–Crippen LogP) is 3.35. The van der Waals surface area contributed by atoms with Gasteiger partial charge in [0.05, 0.1) is 29.5 Å². The summed E-state index contributed by atoms with van der Waals surface area (Å²) >= 11 is 1.49. The van der Waals surface area contributed by atoms with Gasteiger partial charge >= 0.3 is 6.41 Å². The first-order valence-corrected chi connectivity index (χ1v) is 10.4. The number of benzene rings is 2. The van der Waals surface area contributed by atoms with Gasteiger partial charge in [-0.05, 0) is 37.2 Å². The second-order valence-electron chi connectivity index (χ2n) is 6.82. The average molecular weight is 428 g/mol. The lowest BCUT2D eigenvalue weighted by Gasteiger charge is -2.28. The molecule has 1 unspecified atom stereocenters. The zero-order valence-corrected chi connectivity index (χ0v) is 16.8. The number of hydrogen-bond donors (Lipinski definition) is 3. The van der Waals surface area contributed by atoms with Gasteiger partial charge in [0.15, 0.2) is 0 Å².